The maximum Gasteiger partial charge on any atom is 0.255 e. The van der Waals surface area contributed by atoms with Crippen LogP contribution >= 0.6 is 0 Å². The Morgan fingerprint density at radius 3 is 2.81 bits per heavy atom. The molecule has 4 N–H and O–H groups in total. The van der Waals surface area contributed by atoms with Crippen molar-refractivity contribution in [2.24, 2.45) is 0 Å². The highest BCUT2D eigenvalue weighted by Gasteiger charge is 2.39. The number of hydrogen-bond donors (Lipinski definition) is 2. The average Bonchev–Trinajstić information content (AvgIpc) is 2.78. The number of amides is 3. The van der Waals surface area contributed by atoms with Gasteiger partial charge in [-0.2, -0.15) is 0 Å². The number of benzene rings is 1. The summed E-state index contributed by atoms with van der Waals surface area (Å²) in [6.45, 7) is 1.21. The molecule has 2 aliphatic rings. The van der Waals surface area contributed by atoms with E-state index in [1.54, 1.807) is 11.0 Å². The van der Waals surface area contributed by atoms with Crippen molar-refractivity contribution >= 4 is 17.7 Å². The Balaban J connectivity index is 1.88. The number of rotatable bonds is 3. The number of hydrogen-bond acceptors (Lipinski definition) is 3. The first-order valence-corrected chi connectivity index (χ1v) is 7.16. The summed E-state index contributed by atoms with van der Waals surface area (Å²) in [5, 5.41) is 2.31. The summed E-state index contributed by atoms with van der Waals surface area (Å²) in [5.41, 5.74) is 6.64. The van der Waals surface area contributed by atoms with E-state index in [2.05, 4.69) is 11.1 Å². The van der Waals surface area contributed by atoms with Crippen LogP contribution in [0.4, 0.5) is 0 Å². The van der Waals surface area contributed by atoms with Crippen molar-refractivity contribution in [1.82, 2.24) is 10.2 Å². The van der Waals surface area contributed by atoms with E-state index in [9.17, 15) is 14.4 Å². The Kier molecular flexibility index (Phi) is 3.47. The minimum Gasteiger partial charge on any atom is -0.357 e. The van der Waals surface area contributed by atoms with Crippen molar-refractivity contribution in [3.05, 3.63) is 34.9 Å². The molecule has 1 fully saturated rings. The van der Waals surface area contributed by atoms with E-state index in [1.165, 1.54) is 0 Å². The third-order valence-corrected chi connectivity index (χ3v) is 4.13. The first-order chi connectivity index (χ1) is 10.1. The summed E-state index contributed by atoms with van der Waals surface area (Å²) in [6.07, 6.45) is 1.50. The van der Waals surface area contributed by atoms with Crippen LogP contribution in [0.1, 0.15) is 34.3 Å². The van der Waals surface area contributed by atoms with Gasteiger partial charge in [0, 0.05) is 24.9 Å². The van der Waals surface area contributed by atoms with Crippen molar-refractivity contribution in [3.63, 3.8) is 0 Å². The predicted octanol–water partition coefficient (Wildman–Crippen LogP) is -0.768. The van der Waals surface area contributed by atoms with Gasteiger partial charge >= 0.3 is 0 Å². The Morgan fingerprint density at radius 2 is 2.10 bits per heavy atom. The summed E-state index contributed by atoms with van der Waals surface area (Å²) in [5.74, 6) is -0.755. The standard InChI is InChI=1S/C15H17N3O3/c16-7-6-9-2-1-3-10-11(9)8-18(15(10)21)12-4-5-13(19)17-14(12)20/h1-3,12H,4-8,16H2,(H,17,19,20)/p+1. The molecule has 0 aromatic heterocycles. The van der Waals surface area contributed by atoms with Crippen LogP contribution in [-0.4, -0.2) is 35.2 Å². The summed E-state index contributed by atoms with van der Waals surface area (Å²) >= 11 is 0. The van der Waals surface area contributed by atoms with Gasteiger partial charge in [0.2, 0.25) is 11.8 Å². The highest BCUT2D eigenvalue weighted by atomic mass is 16.2. The molecule has 1 saturated heterocycles. The lowest BCUT2D eigenvalue weighted by Crippen LogP contribution is -2.52. The molecule has 0 bridgehead atoms. The number of nitrogens with zero attached hydrogens (tertiary/aromatic N) is 1. The molecule has 3 rings (SSSR count). The lowest BCUT2D eigenvalue weighted by molar-refractivity contribution is -0.366. The second kappa shape index (κ2) is 5.29. The van der Waals surface area contributed by atoms with Crippen molar-refractivity contribution < 1.29 is 20.1 Å². The first kappa shape index (κ1) is 13.8. The van der Waals surface area contributed by atoms with Gasteiger partial charge < -0.3 is 10.6 Å². The van der Waals surface area contributed by atoms with Gasteiger partial charge in [0.15, 0.2) is 0 Å². The van der Waals surface area contributed by atoms with E-state index in [0.29, 0.717) is 18.5 Å². The molecule has 0 radical (unpaired) electrons. The molecule has 3 amide bonds. The van der Waals surface area contributed by atoms with Crippen LogP contribution in [0, 0.1) is 0 Å². The van der Waals surface area contributed by atoms with Gasteiger partial charge in [-0.3, -0.25) is 19.7 Å². The topological polar surface area (TPSA) is 94.1 Å². The first-order valence-electron chi connectivity index (χ1n) is 7.16. The van der Waals surface area contributed by atoms with Crippen LogP contribution in [-0.2, 0) is 22.6 Å². The average molecular weight is 288 g/mol. The normalized spacial score (nSPS) is 21.5. The Labute approximate surface area is 122 Å². The molecule has 2 aliphatic heterocycles. The SMILES string of the molecule is [NH3+]CCc1cccc2c1CN(C1CCC(=O)NC1=O)C2=O. The van der Waals surface area contributed by atoms with Crippen LogP contribution in [0.5, 0.6) is 0 Å². The van der Waals surface area contributed by atoms with E-state index >= 15 is 0 Å². The maximum absolute atomic E-state index is 12.5. The minimum atomic E-state index is -0.546. The molecule has 21 heavy (non-hydrogen) atoms. The van der Waals surface area contributed by atoms with Crippen molar-refractivity contribution in [1.29, 1.82) is 0 Å². The zero-order valence-corrected chi connectivity index (χ0v) is 11.7. The molecular formula is C15H18N3O3+. The van der Waals surface area contributed by atoms with Crippen LogP contribution in [0.2, 0.25) is 0 Å². The molecule has 6 nitrogen and oxygen atoms in total. The summed E-state index contributed by atoms with van der Waals surface area (Å²) in [7, 11) is 0. The molecule has 1 unspecified atom stereocenters. The highest BCUT2D eigenvalue weighted by molar-refractivity contribution is 6.05. The lowest BCUT2D eigenvalue weighted by Gasteiger charge is -2.29. The zero-order valence-electron chi connectivity index (χ0n) is 11.7. The monoisotopic (exact) mass is 288 g/mol. The third kappa shape index (κ3) is 2.31. The fourth-order valence-corrected chi connectivity index (χ4v) is 3.07. The molecule has 0 aliphatic carbocycles. The number of fused-ring (bicyclic) bond motifs is 1. The van der Waals surface area contributed by atoms with Gasteiger partial charge in [0.1, 0.15) is 6.04 Å². The molecule has 1 atom stereocenters. The predicted molar refractivity (Wildman–Crippen MR) is 73.9 cm³/mol. The number of nitrogens with one attached hydrogen (secondary N) is 1. The molecular weight excluding hydrogens is 270 g/mol. The van der Waals surface area contributed by atoms with Crippen molar-refractivity contribution in [2.75, 3.05) is 6.54 Å². The molecule has 0 saturated carbocycles. The Bertz CT molecular complexity index is 627. The third-order valence-electron chi connectivity index (χ3n) is 4.13. The van der Waals surface area contributed by atoms with Gasteiger partial charge in [0.25, 0.3) is 5.91 Å². The molecule has 2 heterocycles. The van der Waals surface area contributed by atoms with Crippen LogP contribution in [0.15, 0.2) is 18.2 Å². The van der Waals surface area contributed by atoms with E-state index in [1.807, 2.05) is 12.1 Å². The van der Waals surface area contributed by atoms with E-state index in [0.717, 1.165) is 24.1 Å². The van der Waals surface area contributed by atoms with Crippen molar-refractivity contribution in [2.45, 2.75) is 31.8 Å². The second-order valence-corrected chi connectivity index (χ2v) is 5.45. The highest BCUT2D eigenvalue weighted by Crippen LogP contribution is 2.29. The Hall–Kier alpha value is -2.21. The van der Waals surface area contributed by atoms with Gasteiger partial charge in [0.05, 0.1) is 6.54 Å². The van der Waals surface area contributed by atoms with Crippen LogP contribution in [0.3, 0.4) is 0 Å². The second-order valence-electron chi connectivity index (χ2n) is 5.45. The molecule has 1 aromatic carbocycles. The summed E-state index contributed by atoms with van der Waals surface area (Å²) in [4.78, 5) is 37.3. The van der Waals surface area contributed by atoms with Gasteiger partial charge in [-0.15, -0.1) is 0 Å². The maximum atomic E-state index is 12.5. The Morgan fingerprint density at radius 1 is 1.29 bits per heavy atom. The number of carbonyl (C=O) groups is 3. The van der Waals surface area contributed by atoms with Gasteiger partial charge in [-0.25, -0.2) is 0 Å². The number of imide groups is 1. The lowest BCUT2D eigenvalue weighted by atomic mass is 10.0. The van der Waals surface area contributed by atoms with Gasteiger partial charge in [-0.1, -0.05) is 12.1 Å². The number of carbonyl (C=O) groups excluding carboxylic acids is 3. The minimum absolute atomic E-state index is 0.120. The molecule has 6 heteroatoms. The number of quaternary nitrogens is 1. The molecule has 110 valence electrons. The van der Waals surface area contributed by atoms with Gasteiger partial charge in [-0.05, 0) is 23.6 Å². The largest absolute Gasteiger partial charge is 0.357 e. The quantitative estimate of drug-likeness (QED) is 0.715. The zero-order chi connectivity index (χ0) is 15.0. The van der Waals surface area contributed by atoms with E-state index in [-0.39, 0.29) is 24.1 Å². The summed E-state index contributed by atoms with van der Waals surface area (Å²) in [6, 6.07) is 5.13. The fraction of sp³-hybridized carbons (Fsp3) is 0.400. The molecule has 0 spiro atoms. The van der Waals surface area contributed by atoms with E-state index < -0.39 is 6.04 Å². The smallest absolute Gasteiger partial charge is 0.255 e. The van der Waals surface area contributed by atoms with E-state index in [4.69, 9.17) is 0 Å². The summed E-state index contributed by atoms with van der Waals surface area (Å²) < 4.78 is 0. The fourth-order valence-electron chi connectivity index (χ4n) is 3.07. The van der Waals surface area contributed by atoms with Crippen LogP contribution < -0.4 is 11.1 Å². The number of piperidine rings is 1. The van der Waals surface area contributed by atoms with Crippen molar-refractivity contribution in [3.8, 4) is 0 Å². The van der Waals surface area contributed by atoms with Crippen LogP contribution in [0.25, 0.3) is 0 Å². The molecule has 1 aromatic rings.